The van der Waals surface area contributed by atoms with Crippen LogP contribution in [0, 0.1) is 5.82 Å². The Balaban J connectivity index is 2.30. The molecule has 0 fully saturated rings. The zero-order chi connectivity index (χ0) is 15.4. The molecule has 0 aliphatic rings. The fraction of sp³-hybridized carbons (Fsp3) is 0.357. The number of carbonyl (C=O) groups is 1. The molecule has 0 spiro atoms. The van der Waals surface area contributed by atoms with Gasteiger partial charge in [0.05, 0.1) is 12.3 Å². The van der Waals surface area contributed by atoms with Gasteiger partial charge in [0.2, 0.25) is 0 Å². The number of rotatable bonds is 6. The smallest absolute Gasteiger partial charge is 0.313 e. The first kappa shape index (κ1) is 15.5. The molecule has 1 heterocycles. The molecule has 0 amide bonds. The molecule has 0 radical (unpaired) electrons. The normalized spacial score (nSPS) is 11.0. The quantitative estimate of drug-likeness (QED) is 0.831. The number of thioether (sulfide) groups is 1. The third-order valence-corrected chi connectivity index (χ3v) is 3.77. The van der Waals surface area contributed by atoms with Crippen LogP contribution in [0.15, 0.2) is 29.4 Å². The zero-order valence-electron chi connectivity index (χ0n) is 11.8. The summed E-state index contributed by atoms with van der Waals surface area (Å²) in [4.78, 5) is 10.7. The minimum absolute atomic E-state index is 0.0839. The highest BCUT2D eigenvalue weighted by Gasteiger charge is 2.16. The molecule has 7 heteroatoms. The van der Waals surface area contributed by atoms with E-state index >= 15 is 0 Å². The van der Waals surface area contributed by atoms with Gasteiger partial charge >= 0.3 is 5.97 Å². The molecule has 0 aliphatic carbocycles. The van der Waals surface area contributed by atoms with E-state index in [0.717, 1.165) is 23.1 Å². The number of halogens is 1. The molecule has 1 N–H and O–H groups in total. The van der Waals surface area contributed by atoms with E-state index in [1.807, 2.05) is 24.5 Å². The Morgan fingerprint density at radius 1 is 1.43 bits per heavy atom. The van der Waals surface area contributed by atoms with E-state index in [4.69, 9.17) is 5.11 Å². The first-order chi connectivity index (χ1) is 9.97. The Morgan fingerprint density at radius 2 is 2.19 bits per heavy atom. The Kier molecular flexibility index (Phi) is 4.95. The average Bonchev–Trinajstić information content (AvgIpc) is 2.79. The third-order valence-electron chi connectivity index (χ3n) is 2.82. The summed E-state index contributed by atoms with van der Waals surface area (Å²) in [6.07, 6.45) is 0. The second-order valence-electron chi connectivity index (χ2n) is 4.89. The van der Waals surface area contributed by atoms with Crippen molar-refractivity contribution in [3.05, 3.63) is 41.5 Å². The highest BCUT2D eigenvalue weighted by molar-refractivity contribution is 7.99. The Bertz CT molecular complexity index is 643. The van der Waals surface area contributed by atoms with Crippen LogP contribution in [0.1, 0.15) is 31.2 Å². The summed E-state index contributed by atoms with van der Waals surface area (Å²) in [5.41, 5.74) is 0.786. The Hall–Kier alpha value is -1.89. The summed E-state index contributed by atoms with van der Waals surface area (Å²) in [7, 11) is 0. The van der Waals surface area contributed by atoms with Gasteiger partial charge in [0.1, 0.15) is 11.6 Å². The van der Waals surface area contributed by atoms with E-state index in [1.165, 1.54) is 12.1 Å². The molecule has 0 bridgehead atoms. The van der Waals surface area contributed by atoms with Crippen LogP contribution >= 0.6 is 11.8 Å². The van der Waals surface area contributed by atoms with Gasteiger partial charge in [-0.1, -0.05) is 37.7 Å². The molecule has 0 unspecified atom stereocenters. The van der Waals surface area contributed by atoms with Crippen LogP contribution in [-0.2, 0) is 11.3 Å². The van der Waals surface area contributed by atoms with E-state index in [0.29, 0.717) is 11.7 Å². The maximum Gasteiger partial charge on any atom is 0.313 e. The van der Waals surface area contributed by atoms with E-state index < -0.39 is 5.97 Å². The van der Waals surface area contributed by atoms with E-state index in [2.05, 4.69) is 10.2 Å². The van der Waals surface area contributed by atoms with Crippen molar-refractivity contribution in [3.8, 4) is 0 Å². The monoisotopic (exact) mass is 309 g/mol. The highest BCUT2D eigenvalue weighted by atomic mass is 32.2. The first-order valence-corrected chi connectivity index (χ1v) is 7.48. The molecule has 21 heavy (non-hydrogen) atoms. The van der Waals surface area contributed by atoms with Crippen molar-refractivity contribution in [3.63, 3.8) is 0 Å². The van der Waals surface area contributed by atoms with Crippen LogP contribution in [0.2, 0.25) is 0 Å². The molecule has 0 atom stereocenters. The van der Waals surface area contributed by atoms with Crippen LogP contribution in [0.3, 0.4) is 0 Å². The summed E-state index contributed by atoms with van der Waals surface area (Å²) in [5.74, 6) is -0.394. The van der Waals surface area contributed by atoms with Gasteiger partial charge in [0, 0.05) is 5.92 Å². The zero-order valence-corrected chi connectivity index (χ0v) is 12.6. The molecule has 1 aromatic heterocycles. The predicted molar refractivity (Wildman–Crippen MR) is 78.0 cm³/mol. The standard InChI is InChI=1S/C14H16FN3O2S/c1-9(2)13-16-17-14(21-8-12(19)20)18(13)7-10-4-3-5-11(15)6-10/h3-6,9H,7-8H2,1-2H3,(H,19,20). The van der Waals surface area contributed by atoms with Gasteiger partial charge in [-0.3, -0.25) is 4.79 Å². The Labute approximate surface area is 126 Å². The largest absolute Gasteiger partial charge is 0.481 e. The number of benzene rings is 1. The summed E-state index contributed by atoms with van der Waals surface area (Å²) in [5, 5.41) is 17.5. The van der Waals surface area contributed by atoms with Crippen molar-refractivity contribution < 1.29 is 14.3 Å². The maximum atomic E-state index is 13.3. The molecule has 112 valence electrons. The van der Waals surface area contributed by atoms with Gasteiger partial charge in [-0.05, 0) is 17.7 Å². The van der Waals surface area contributed by atoms with Gasteiger partial charge in [-0.15, -0.1) is 10.2 Å². The van der Waals surface area contributed by atoms with Crippen molar-refractivity contribution in [2.24, 2.45) is 0 Å². The van der Waals surface area contributed by atoms with Crippen LogP contribution in [-0.4, -0.2) is 31.6 Å². The van der Waals surface area contributed by atoms with E-state index in [1.54, 1.807) is 6.07 Å². The lowest BCUT2D eigenvalue weighted by Gasteiger charge is -2.11. The van der Waals surface area contributed by atoms with Crippen molar-refractivity contribution in [2.45, 2.75) is 31.5 Å². The number of hydrogen-bond acceptors (Lipinski definition) is 4. The minimum atomic E-state index is -0.911. The lowest BCUT2D eigenvalue weighted by molar-refractivity contribution is -0.133. The summed E-state index contributed by atoms with van der Waals surface area (Å²) in [6.45, 7) is 4.38. The fourth-order valence-electron chi connectivity index (χ4n) is 1.93. The van der Waals surface area contributed by atoms with E-state index in [9.17, 15) is 9.18 Å². The lowest BCUT2D eigenvalue weighted by Crippen LogP contribution is -2.09. The fourth-order valence-corrected chi connectivity index (χ4v) is 2.59. The summed E-state index contributed by atoms with van der Waals surface area (Å²) < 4.78 is 15.1. The number of aromatic nitrogens is 3. The van der Waals surface area contributed by atoms with Gasteiger partial charge in [-0.25, -0.2) is 4.39 Å². The van der Waals surface area contributed by atoms with Crippen LogP contribution in [0.4, 0.5) is 4.39 Å². The highest BCUT2D eigenvalue weighted by Crippen LogP contribution is 2.22. The lowest BCUT2D eigenvalue weighted by atomic mass is 10.2. The van der Waals surface area contributed by atoms with Crippen molar-refractivity contribution >= 4 is 17.7 Å². The third kappa shape index (κ3) is 4.04. The molecule has 0 aliphatic heterocycles. The van der Waals surface area contributed by atoms with Crippen LogP contribution in [0.25, 0.3) is 0 Å². The number of aliphatic carboxylic acids is 1. The van der Waals surface area contributed by atoms with Crippen LogP contribution in [0.5, 0.6) is 0 Å². The maximum absolute atomic E-state index is 13.3. The van der Waals surface area contributed by atoms with Gasteiger partial charge in [-0.2, -0.15) is 0 Å². The molecule has 5 nitrogen and oxygen atoms in total. The predicted octanol–water partition coefficient (Wildman–Crippen LogP) is 2.77. The number of hydrogen-bond donors (Lipinski definition) is 1. The topological polar surface area (TPSA) is 68.0 Å². The average molecular weight is 309 g/mol. The number of carboxylic acids is 1. The number of nitrogens with zero attached hydrogens (tertiary/aromatic N) is 3. The Morgan fingerprint density at radius 3 is 2.81 bits per heavy atom. The van der Waals surface area contributed by atoms with Gasteiger partial charge < -0.3 is 9.67 Å². The molecular formula is C14H16FN3O2S. The summed E-state index contributed by atoms with van der Waals surface area (Å²) in [6, 6.07) is 6.31. The molecule has 2 aromatic rings. The van der Waals surface area contributed by atoms with Crippen molar-refractivity contribution in [2.75, 3.05) is 5.75 Å². The molecule has 0 saturated carbocycles. The van der Waals surface area contributed by atoms with Crippen molar-refractivity contribution in [1.82, 2.24) is 14.8 Å². The van der Waals surface area contributed by atoms with Crippen molar-refractivity contribution in [1.29, 1.82) is 0 Å². The van der Waals surface area contributed by atoms with Gasteiger partial charge in [0.15, 0.2) is 5.16 Å². The molecular weight excluding hydrogens is 293 g/mol. The number of carboxylic acid groups (broad SMARTS) is 1. The second-order valence-corrected chi connectivity index (χ2v) is 5.84. The molecule has 1 aromatic carbocycles. The van der Waals surface area contributed by atoms with Gasteiger partial charge in [0.25, 0.3) is 0 Å². The minimum Gasteiger partial charge on any atom is -0.481 e. The molecule has 2 rings (SSSR count). The second kappa shape index (κ2) is 6.71. The summed E-state index contributed by atoms with van der Waals surface area (Å²) >= 11 is 1.11. The molecule has 0 saturated heterocycles. The van der Waals surface area contributed by atoms with Crippen LogP contribution < -0.4 is 0 Å². The first-order valence-electron chi connectivity index (χ1n) is 6.49. The SMILES string of the molecule is CC(C)c1nnc(SCC(=O)O)n1Cc1cccc(F)c1. The van der Waals surface area contributed by atoms with E-state index in [-0.39, 0.29) is 17.5 Å².